The fourth-order valence-electron chi connectivity index (χ4n) is 2.99. The third-order valence-electron chi connectivity index (χ3n) is 4.98. The number of aromatic nitrogens is 4. The van der Waals surface area contributed by atoms with Gasteiger partial charge in [-0.05, 0) is 53.6 Å². The number of rotatable bonds is 7. The van der Waals surface area contributed by atoms with Gasteiger partial charge in [0, 0.05) is 11.5 Å². The summed E-state index contributed by atoms with van der Waals surface area (Å²) in [6.07, 6.45) is -3.06. The molecule has 0 saturated heterocycles. The van der Waals surface area contributed by atoms with Gasteiger partial charge in [-0.15, -0.1) is 5.10 Å². The number of amides is 1. The Morgan fingerprint density at radius 3 is 2.39 bits per heavy atom. The maximum Gasteiger partial charge on any atom is 0.263 e. The largest absolute Gasteiger partial charge is 0.339 e. The summed E-state index contributed by atoms with van der Waals surface area (Å²) in [7, 11) is 0. The summed E-state index contributed by atoms with van der Waals surface area (Å²) in [6.45, 7) is 5.38. The van der Waals surface area contributed by atoms with E-state index in [9.17, 15) is 18.0 Å². The molecule has 9 heteroatoms. The predicted molar refractivity (Wildman–Crippen MR) is 111 cm³/mol. The number of tetrazole rings is 1. The number of hydrogen-bond acceptors (Lipinski definition) is 4. The van der Waals surface area contributed by atoms with Crippen molar-refractivity contribution in [2.45, 2.75) is 45.6 Å². The highest BCUT2D eigenvalue weighted by Gasteiger charge is 2.37. The number of hydrogen-bond donors (Lipinski definition) is 1. The molecule has 1 N–H and O–H groups in total. The van der Waals surface area contributed by atoms with Gasteiger partial charge in [-0.1, -0.05) is 43.7 Å². The van der Waals surface area contributed by atoms with Crippen molar-refractivity contribution in [3.63, 3.8) is 0 Å². The minimum atomic E-state index is -3.06. The first-order chi connectivity index (χ1) is 14.6. The Morgan fingerprint density at radius 1 is 1.13 bits per heavy atom. The average Bonchev–Trinajstić information content (AvgIpc) is 3.24. The van der Waals surface area contributed by atoms with Gasteiger partial charge in [0.25, 0.3) is 12.3 Å². The molecule has 1 heterocycles. The van der Waals surface area contributed by atoms with Gasteiger partial charge in [0.1, 0.15) is 12.2 Å². The molecule has 2 aromatic carbocycles. The molecule has 0 fully saturated rings. The van der Waals surface area contributed by atoms with E-state index in [2.05, 4.69) is 20.8 Å². The van der Waals surface area contributed by atoms with E-state index in [0.29, 0.717) is 17.1 Å². The Kier molecular flexibility index (Phi) is 6.42. The first-order valence-electron chi connectivity index (χ1n) is 9.82. The van der Waals surface area contributed by atoms with Crippen molar-refractivity contribution in [3.05, 3.63) is 59.4 Å². The summed E-state index contributed by atoms with van der Waals surface area (Å²) in [5, 5.41) is 13.9. The summed E-state index contributed by atoms with van der Waals surface area (Å²) in [4.78, 5) is 12.8. The van der Waals surface area contributed by atoms with Crippen molar-refractivity contribution in [1.82, 2.24) is 25.5 Å². The Morgan fingerprint density at radius 2 is 1.81 bits per heavy atom. The summed E-state index contributed by atoms with van der Waals surface area (Å²) in [5.74, 6) is -0.229. The molecule has 1 amide bonds. The molecule has 1 aromatic heterocycles. The fourth-order valence-corrected chi connectivity index (χ4v) is 2.99. The number of benzene rings is 2. The van der Waals surface area contributed by atoms with Crippen LogP contribution in [0.4, 0.5) is 13.2 Å². The maximum atomic E-state index is 13.3. The van der Waals surface area contributed by atoms with Gasteiger partial charge in [0.05, 0.1) is 5.69 Å². The van der Waals surface area contributed by atoms with Gasteiger partial charge < -0.3 is 5.32 Å². The molecule has 0 radical (unpaired) electrons. The zero-order chi connectivity index (χ0) is 22.8. The molecule has 0 saturated carbocycles. The molecule has 0 bridgehead atoms. The molecular weight excluding hydrogens is 407 g/mol. The highest BCUT2D eigenvalue weighted by Crippen LogP contribution is 2.27. The minimum Gasteiger partial charge on any atom is -0.339 e. The van der Waals surface area contributed by atoms with Crippen LogP contribution >= 0.6 is 0 Å². The van der Waals surface area contributed by atoms with Gasteiger partial charge in [-0.3, -0.25) is 4.79 Å². The molecule has 164 valence electrons. The monoisotopic (exact) mass is 431 g/mol. The minimum absolute atomic E-state index is 0.00368. The van der Waals surface area contributed by atoms with Gasteiger partial charge >= 0.3 is 0 Å². The van der Waals surface area contributed by atoms with E-state index in [-0.39, 0.29) is 11.5 Å². The van der Waals surface area contributed by atoms with Crippen LogP contribution in [0.3, 0.4) is 0 Å². The van der Waals surface area contributed by atoms with Crippen LogP contribution in [0.5, 0.6) is 0 Å². The zero-order valence-corrected chi connectivity index (χ0v) is 17.7. The fraction of sp³-hybridized carbons (Fsp3) is 0.364. The lowest BCUT2D eigenvalue weighted by Crippen LogP contribution is -2.53. The Balaban J connectivity index is 2.12. The van der Waals surface area contributed by atoms with Crippen LogP contribution in [-0.4, -0.2) is 44.8 Å². The van der Waals surface area contributed by atoms with Crippen LogP contribution in [0.2, 0.25) is 0 Å². The van der Waals surface area contributed by atoms with E-state index in [0.717, 1.165) is 18.1 Å². The Labute approximate surface area is 178 Å². The topological polar surface area (TPSA) is 72.7 Å². The van der Waals surface area contributed by atoms with Crippen molar-refractivity contribution in [3.8, 4) is 16.8 Å². The van der Waals surface area contributed by atoms with E-state index in [4.69, 9.17) is 0 Å². The van der Waals surface area contributed by atoms with Gasteiger partial charge in [-0.25, -0.2) is 13.2 Å². The summed E-state index contributed by atoms with van der Waals surface area (Å²) in [5.41, 5.74) is 0.870. The molecule has 0 aliphatic rings. The van der Waals surface area contributed by atoms with Crippen LogP contribution in [-0.2, 0) is 0 Å². The maximum absolute atomic E-state index is 13.3. The lowest BCUT2D eigenvalue weighted by molar-refractivity contribution is 0.0239. The van der Waals surface area contributed by atoms with Gasteiger partial charge in [-0.2, -0.15) is 4.68 Å². The highest BCUT2D eigenvalue weighted by atomic mass is 19.3. The lowest BCUT2D eigenvalue weighted by Gasteiger charge is -2.26. The van der Waals surface area contributed by atoms with Crippen molar-refractivity contribution >= 4 is 5.91 Å². The van der Waals surface area contributed by atoms with E-state index >= 15 is 0 Å². The van der Waals surface area contributed by atoms with Gasteiger partial charge in [0.15, 0.2) is 5.82 Å². The highest BCUT2D eigenvalue weighted by molar-refractivity contribution is 5.96. The molecule has 6 nitrogen and oxygen atoms in total. The van der Waals surface area contributed by atoms with Crippen LogP contribution in [0.25, 0.3) is 16.8 Å². The molecule has 3 rings (SSSR count). The zero-order valence-electron chi connectivity index (χ0n) is 17.7. The molecule has 31 heavy (non-hydrogen) atoms. The van der Waals surface area contributed by atoms with Crippen LogP contribution in [0.15, 0.2) is 42.5 Å². The second kappa shape index (κ2) is 8.87. The number of aryl methyl sites for hydroxylation is 1. The van der Waals surface area contributed by atoms with E-state index < -0.39 is 24.5 Å². The number of alkyl halides is 3. The first kappa shape index (κ1) is 22.5. The number of carbonyl (C=O) groups is 1. The normalized spacial score (nSPS) is 13.5. The van der Waals surface area contributed by atoms with Crippen molar-refractivity contribution in [2.24, 2.45) is 0 Å². The second-order valence-electron chi connectivity index (χ2n) is 8.04. The lowest BCUT2D eigenvalue weighted by atomic mass is 9.99. The standard InChI is InChI=1S/C22H24F3N5O/c1-13(2)19-27-28-29-30(19)18-10-16(15-7-5-14(3)6-8-15)9-17(11-18)20(31)26-22(4,12-23)21(24)25/h5-11,13,21H,12H2,1-4H3,(H,26,31). The third kappa shape index (κ3) is 4.76. The molecular formula is C22H24F3N5O. The molecule has 0 aliphatic heterocycles. The Hall–Kier alpha value is -3.23. The number of halogens is 3. The number of carbonyl (C=O) groups excluding carboxylic acids is 1. The molecule has 3 aromatic rings. The molecule has 0 spiro atoms. The predicted octanol–water partition coefficient (Wildman–Crippen LogP) is 4.48. The average molecular weight is 431 g/mol. The smallest absolute Gasteiger partial charge is 0.263 e. The summed E-state index contributed by atoms with van der Waals surface area (Å²) in [6, 6.07) is 12.5. The van der Waals surface area contributed by atoms with Crippen LogP contribution in [0, 0.1) is 6.92 Å². The van der Waals surface area contributed by atoms with E-state index in [1.165, 1.54) is 10.7 Å². The molecule has 1 atom stereocenters. The number of nitrogens with one attached hydrogen (secondary N) is 1. The van der Waals surface area contributed by atoms with Crippen LogP contribution in [0.1, 0.15) is 48.4 Å². The van der Waals surface area contributed by atoms with Crippen LogP contribution < -0.4 is 5.32 Å². The third-order valence-corrected chi connectivity index (χ3v) is 4.98. The van der Waals surface area contributed by atoms with E-state index in [1.54, 1.807) is 6.07 Å². The summed E-state index contributed by atoms with van der Waals surface area (Å²) >= 11 is 0. The van der Waals surface area contributed by atoms with Crippen molar-refractivity contribution in [2.75, 3.05) is 6.67 Å². The first-order valence-corrected chi connectivity index (χ1v) is 9.82. The number of nitrogens with zero attached hydrogens (tertiary/aromatic N) is 4. The van der Waals surface area contributed by atoms with Gasteiger partial charge in [0.2, 0.25) is 0 Å². The second-order valence-corrected chi connectivity index (χ2v) is 8.04. The Bertz CT molecular complexity index is 1070. The van der Waals surface area contributed by atoms with Crippen molar-refractivity contribution < 1.29 is 18.0 Å². The SMILES string of the molecule is Cc1ccc(-c2cc(C(=O)NC(C)(CF)C(F)F)cc(-n3nnnc3C(C)C)c2)cc1. The quantitative estimate of drug-likeness (QED) is 0.599. The van der Waals surface area contributed by atoms with E-state index in [1.807, 2.05) is 51.1 Å². The molecule has 1 unspecified atom stereocenters. The van der Waals surface area contributed by atoms with Crippen molar-refractivity contribution in [1.29, 1.82) is 0 Å². The molecule has 0 aliphatic carbocycles. The summed E-state index contributed by atoms with van der Waals surface area (Å²) < 4.78 is 41.4.